The molecule has 106 valence electrons. The lowest BCUT2D eigenvalue weighted by atomic mass is 10.2. The molecule has 0 radical (unpaired) electrons. The largest absolute Gasteiger partial charge is 0.336 e. The summed E-state index contributed by atoms with van der Waals surface area (Å²) in [5.74, 6) is 0.367. The molecule has 3 heterocycles. The summed E-state index contributed by atoms with van der Waals surface area (Å²) in [6.45, 7) is 1.82. The zero-order chi connectivity index (χ0) is 14.4. The highest BCUT2D eigenvalue weighted by atomic mass is 32.1. The van der Waals surface area contributed by atoms with E-state index >= 15 is 0 Å². The molecule has 1 N–H and O–H groups in total. The Labute approximate surface area is 124 Å². The van der Waals surface area contributed by atoms with Gasteiger partial charge >= 0.3 is 0 Å². The summed E-state index contributed by atoms with van der Waals surface area (Å²) >= 11 is 1.45. The second-order valence-electron chi connectivity index (χ2n) is 5.15. The van der Waals surface area contributed by atoms with E-state index in [0.717, 1.165) is 16.8 Å². The maximum Gasteiger partial charge on any atom is 0.259 e. The van der Waals surface area contributed by atoms with E-state index in [1.807, 2.05) is 12.3 Å². The topological polar surface area (TPSA) is 80.9 Å². The molecule has 3 aromatic rings. The van der Waals surface area contributed by atoms with Gasteiger partial charge in [0.2, 0.25) is 0 Å². The van der Waals surface area contributed by atoms with E-state index in [1.54, 1.807) is 6.07 Å². The Morgan fingerprint density at radius 3 is 3.14 bits per heavy atom. The number of aryl methyl sites for hydroxylation is 1. The minimum atomic E-state index is -0.221. The summed E-state index contributed by atoms with van der Waals surface area (Å²) < 4.78 is 5.04. The van der Waals surface area contributed by atoms with Crippen LogP contribution in [0.5, 0.6) is 0 Å². The molecular weight excluding hydrogens is 288 g/mol. The first-order chi connectivity index (χ1) is 10.2. The maximum absolute atomic E-state index is 12.3. The first-order valence-electron chi connectivity index (χ1n) is 6.69. The van der Waals surface area contributed by atoms with Crippen LogP contribution in [0, 0.1) is 6.92 Å². The standard InChI is InChI=1S/C14H12N4O2S/c1-7-10-4-9(5-15-13(10)20-18-7)12(19)17-14-16-11(6-21-14)8-2-3-8/h4-6,8H,2-3H2,1H3,(H,16,17,19). The molecule has 0 bridgehead atoms. The minimum Gasteiger partial charge on any atom is -0.336 e. The zero-order valence-electron chi connectivity index (χ0n) is 11.3. The van der Waals surface area contributed by atoms with Gasteiger partial charge in [0.15, 0.2) is 5.13 Å². The lowest BCUT2D eigenvalue weighted by Gasteiger charge is -2.01. The quantitative estimate of drug-likeness (QED) is 0.803. The summed E-state index contributed by atoms with van der Waals surface area (Å²) in [5, 5.41) is 10.0. The van der Waals surface area contributed by atoms with Gasteiger partial charge in [0.1, 0.15) is 0 Å². The number of aromatic nitrogens is 3. The molecular formula is C14H12N4O2S. The lowest BCUT2D eigenvalue weighted by molar-refractivity contribution is 0.102. The Morgan fingerprint density at radius 1 is 1.48 bits per heavy atom. The molecule has 0 unspecified atom stereocenters. The van der Waals surface area contributed by atoms with Crippen LogP contribution in [0.1, 0.15) is 40.5 Å². The van der Waals surface area contributed by atoms with Crippen molar-refractivity contribution >= 4 is 33.5 Å². The van der Waals surface area contributed by atoms with Gasteiger partial charge in [0.05, 0.1) is 22.3 Å². The fourth-order valence-corrected chi connectivity index (χ4v) is 2.94. The highest BCUT2D eigenvalue weighted by molar-refractivity contribution is 7.14. The number of nitrogens with zero attached hydrogens (tertiary/aromatic N) is 3. The van der Waals surface area contributed by atoms with Crippen LogP contribution in [0.2, 0.25) is 0 Å². The van der Waals surface area contributed by atoms with Crippen LogP contribution in [0.25, 0.3) is 11.1 Å². The molecule has 1 aliphatic rings. The smallest absolute Gasteiger partial charge is 0.259 e. The molecule has 0 aliphatic heterocycles. The van der Waals surface area contributed by atoms with Crippen molar-refractivity contribution < 1.29 is 9.32 Å². The Bertz CT molecular complexity index is 834. The third-order valence-corrected chi connectivity index (χ3v) is 4.29. The van der Waals surface area contributed by atoms with Crippen LogP contribution in [0.3, 0.4) is 0 Å². The second kappa shape index (κ2) is 4.63. The van der Waals surface area contributed by atoms with Crippen molar-refractivity contribution in [3.05, 3.63) is 34.6 Å². The highest BCUT2D eigenvalue weighted by Crippen LogP contribution is 2.40. The molecule has 3 aromatic heterocycles. The first-order valence-corrected chi connectivity index (χ1v) is 7.57. The zero-order valence-corrected chi connectivity index (χ0v) is 12.1. The average molecular weight is 300 g/mol. The number of fused-ring (bicyclic) bond motifs is 1. The van der Waals surface area contributed by atoms with Gasteiger partial charge < -0.3 is 4.52 Å². The summed E-state index contributed by atoms with van der Waals surface area (Å²) in [4.78, 5) is 20.8. The summed E-state index contributed by atoms with van der Waals surface area (Å²) in [6, 6.07) is 1.74. The van der Waals surface area contributed by atoms with Crippen molar-refractivity contribution in [1.29, 1.82) is 0 Å². The predicted molar refractivity (Wildman–Crippen MR) is 78.6 cm³/mol. The van der Waals surface area contributed by atoms with Crippen LogP contribution < -0.4 is 5.32 Å². The van der Waals surface area contributed by atoms with Crippen molar-refractivity contribution in [1.82, 2.24) is 15.1 Å². The fraction of sp³-hybridized carbons (Fsp3) is 0.286. The number of hydrogen-bond donors (Lipinski definition) is 1. The van der Waals surface area contributed by atoms with E-state index in [4.69, 9.17) is 4.52 Å². The van der Waals surface area contributed by atoms with Crippen LogP contribution >= 0.6 is 11.3 Å². The lowest BCUT2D eigenvalue weighted by Crippen LogP contribution is -2.12. The van der Waals surface area contributed by atoms with Crippen molar-refractivity contribution in [3.8, 4) is 0 Å². The number of rotatable bonds is 3. The Morgan fingerprint density at radius 2 is 2.33 bits per heavy atom. The highest BCUT2D eigenvalue weighted by Gasteiger charge is 2.26. The molecule has 7 heteroatoms. The monoisotopic (exact) mass is 300 g/mol. The van der Waals surface area contributed by atoms with Crippen molar-refractivity contribution in [3.63, 3.8) is 0 Å². The number of nitrogens with one attached hydrogen (secondary N) is 1. The molecule has 1 aliphatic carbocycles. The number of amides is 1. The van der Waals surface area contributed by atoms with Gasteiger partial charge in [0, 0.05) is 17.5 Å². The normalized spacial score (nSPS) is 14.5. The summed E-state index contributed by atoms with van der Waals surface area (Å²) in [5.41, 5.74) is 2.71. The van der Waals surface area contributed by atoms with Gasteiger partial charge in [-0.05, 0) is 25.8 Å². The van der Waals surface area contributed by atoms with Crippen LogP contribution in [-0.2, 0) is 0 Å². The Balaban J connectivity index is 1.58. The Kier molecular flexibility index (Phi) is 2.75. The number of carbonyl (C=O) groups excluding carboxylic acids is 1. The third kappa shape index (κ3) is 2.29. The number of thiazole rings is 1. The predicted octanol–water partition coefficient (Wildman–Crippen LogP) is 3.12. The molecule has 0 saturated heterocycles. The van der Waals surface area contributed by atoms with Crippen LogP contribution in [0.4, 0.5) is 5.13 Å². The van der Waals surface area contributed by atoms with Gasteiger partial charge in [-0.25, -0.2) is 9.97 Å². The maximum atomic E-state index is 12.3. The molecule has 6 nitrogen and oxygen atoms in total. The minimum absolute atomic E-state index is 0.221. The number of pyridine rings is 1. The van der Waals surface area contributed by atoms with E-state index in [1.165, 1.54) is 30.4 Å². The molecule has 1 fully saturated rings. The van der Waals surface area contributed by atoms with E-state index < -0.39 is 0 Å². The van der Waals surface area contributed by atoms with E-state index in [2.05, 4.69) is 20.4 Å². The van der Waals surface area contributed by atoms with Gasteiger partial charge in [-0.1, -0.05) is 5.16 Å². The third-order valence-electron chi connectivity index (χ3n) is 3.51. The molecule has 4 rings (SSSR count). The second-order valence-corrected chi connectivity index (χ2v) is 6.01. The molecule has 0 aromatic carbocycles. The number of hydrogen-bond acceptors (Lipinski definition) is 6. The van der Waals surface area contributed by atoms with Crippen molar-refractivity contribution in [2.24, 2.45) is 0 Å². The summed E-state index contributed by atoms with van der Waals surface area (Å²) in [6.07, 6.45) is 3.88. The van der Waals surface area contributed by atoms with Crippen LogP contribution in [-0.4, -0.2) is 21.0 Å². The van der Waals surface area contributed by atoms with E-state index in [-0.39, 0.29) is 5.91 Å². The van der Waals surface area contributed by atoms with E-state index in [0.29, 0.717) is 22.3 Å². The van der Waals surface area contributed by atoms with Gasteiger partial charge in [-0.2, -0.15) is 0 Å². The molecule has 0 atom stereocenters. The summed E-state index contributed by atoms with van der Waals surface area (Å²) in [7, 11) is 0. The molecule has 1 saturated carbocycles. The van der Waals surface area contributed by atoms with Gasteiger partial charge in [-0.3, -0.25) is 10.1 Å². The molecule has 0 spiro atoms. The average Bonchev–Trinajstić information content (AvgIpc) is 3.14. The Hall–Kier alpha value is -2.28. The number of anilines is 1. The van der Waals surface area contributed by atoms with Crippen molar-refractivity contribution in [2.75, 3.05) is 5.32 Å². The first kappa shape index (κ1) is 12.5. The SMILES string of the molecule is Cc1noc2ncc(C(=O)Nc3nc(C4CC4)cs3)cc12. The van der Waals surface area contributed by atoms with Crippen LogP contribution in [0.15, 0.2) is 22.2 Å². The van der Waals surface area contributed by atoms with Gasteiger partial charge in [-0.15, -0.1) is 11.3 Å². The number of carbonyl (C=O) groups is 1. The van der Waals surface area contributed by atoms with E-state index in [9.17, 15) is 4.79 Å². The molecule has 21 heavy (non-hydrogen) atoms. The van der Waals surface area contributed by atoms with Gasteiger partial charge in [0.25, 0.3) is 11.6 Å². The fourth-order valence-electron chi connectivity index (χ4n) is 2.15. The van der Waals surface area contributed by atoms with Crippen molar-refractivity contribution in [2.45, 2.75) is 25.7 Å². The molecule has 1 amide bonds.